The van der Waals surface area contributed by atoms with Gasteiger partial charge in [-0.2, -0.15) is 0 Å². The molecule has 1 amide bonds. The zero-order chi connectivity index (χ0) is 26.6. The van der Waals surface area contributed by atoms with Crippen LogP contribution in [0.25, 0.3) is 0 Å². The Labute approximate surface area is 224 Å². The van der Waals surface area contributed by atoms with E-state index in [1.807, 2.05) is 0 Å². The van der Waals surface area contributed by atoms with Gasteiger partial charge < -0.3 is 19.1 Å². The fourth-order valence-electron chi connectivity index (χ4n) is 3.68. The first kappa shape index (κ1) is 28.2. The van der Waals surface area contributed by atoms with Crippen LogP contribution in [0.15, 0.2) is 29.2 Å². The number of esters is 1. The highest BCUT2D eigenvalue weighted by molar-refractivity contribution is 7.92. The molecule has 3 rings (SSSR count). The van der Waals surface area contributed by atoms with Gasteiger partial charge in [-0.1, -0.05) is 34.8 Å². The zero-order valence-electron chi connectivity index (χ0n) is 19.8. The first-order valence-corrected chi connectivity index (χ1v) is 13.5. The van der Waals surface area contributed by atoms with Crippen LogP contribution in [0.2, 0.25) is 15.1 Å². The van der Waals surface area contributed by atoms with Crippen molar-refractivity contribution in [3.8, 4) is 11.5 Å². The lowest BCUT2D eigenvalue weighted by Gasteiger charge is -2.29. The highest BCUT2D eigenvalue weighted by Gasteiger charge is 2.29. The summed E-state index contributed by atoms with van der Waals surface area (Å²) in [6, 6.07) is 4.82. The van der Waals surface area contributed by atoms with Crippen LogP contribution in [0.1, 0.15) is 36.5 Å². The van der Waals surface area contributed by atoms with Crippen molar-refractivity contribution in [2.75, 3.05) is 32.0 Å². The summed E-state index contributed by atoms with van der Waals surface area (Å²) in [6.07, 6.45) is 1.73. The molecule has 1 aliphatic heterocycles. The molecule has 1 saturated heterocycles. The van der Waals surface area contributed by atoms with Gasteiger partial charge in [-0.3, -0.25) is 9.52 Å². The minimum Gasteiger partial charge on any atom is -0.495 e. The van der Waals surface area contributed by atoms with E-state index < -0.39 is 27.0 Å². The summed E-state index contributed by atoms with van der Waals surface area (Å²) >= 11 is 18.5. The molecular weight excluding hydrogens is 555 g/mol. The van der Waals surface area contributed by atoms with E-state index >= 15 is 0 Å². The van der Waals surface area contributed by atoms with Gasteiger partial charge in [-0.25, -0.2) is 13.2 Å². The molecule has 0 unspecified atom stereocenters. The molecule has 1 atom stereocenters. The molecule has 2 aromatic carbocycles. The number of hydrogen-bond donors (Lipinski definition) is 1. The molecule has 1 fully saturated rings. The molecule has 1 aliphatic rings. The first-order chi connectivity index (χ1) is 17.0. The molecule has 1 heterocycles. The third kappa shape index (κ3) is 6.29. The van der Waals surface area contributed by atoms with Gasteiger partial charge in [-0.15, -0.1) is 0 Å². The molecule has 9 nitrogen and oxygen atoms in total. The Morgan fingerprint density at radius 1 is 0.917 bits per heavy atom. The Balaban J connectivity index is 1.88. The topological polar surface area (TPSA) is 111 Å². The molecule has 2 aromatic rings. The summed E-state index contributed by atoms with van der Waals surface area (Å²) < 4.78 is 44.4. The maximum Gasteiger partial charge on any atom is 0.340 e. The molecule has 0 spiro atoms. The number of nitrogens with one attached hydrogen (secondary N) is 1. The number of methoxy groups -OCH3 is 2. The number of ether oxygens (including phenoxy) is 3. The summed E-state index contributed by atoms with van der Waals surface area (Å²) in [5, 5.41) is -0.235. The van der Waals surface area contributed by atoms with Gasteiger partial charge in [0.1, 0.15) is 16.4 Å². The summed E-state index contributed by atoms with van der Waals surface area (Å²) in [6.45, 7) is 2.64. The van der Waals surface area contributed by atoms with Gasteiger partial charge in [0.25, 0.3) is 15.9 Å². The number of hydrogen-bond acceptors (Lipinski definition) is 7. The van der Waals surface area contributed by atoms with Crippen LogP contribution < -0.4 is 14.2 Å². The second-order valence-electron chi connectivity index (χ2n) is 7.99. The van der Waals surface area contributed by atoms with E-state index in [9.17, 15) is 18.0 Å². The van der Waals surface area contributed by atoms with E-state index in [0.717, 1.165) is 31.4 Å². The third-order valence-corrected chi connectivity index (χ3v) is 7.99. The number of piperidine rings is 1. The first-order valence-electron chi connectivity index (χ1n) is 10.9. The largest absolute Gasteiger partial charge is 0.495 e. The molecule has 0 bridgehead atoms. The summed E-state index contributed by atoms with van der Waals surface area (Å²) in [7, 11) is -1.60. The lowest BCUT2D eigenvalue weighted by atomic mass is 10.1. The van der Waals surface area contributed by atoms with Crippen molar-refractivity contribution in [2.45, 2.75) is 37.2 Å². The molecular formula is C23H25Cl3N2O7S. The van der Waals surface area contributed by atoms with Gasteiger partial charge in [-0.05, 0) is 44.4 Å². The predicted molar refractivity (Wildman–Crippen MR) is 137 cm³/mol. The van der Waals surface area contributed by atoms with Crippen molar-refractivity contribution in [2.24, 2.45) is 0 Å². The second kappa shape index (κ2) is 11.8. The Kier molecular flexibility index (Phi) is 9.21. The molecule has 196 valence electrons. The number of sulfonamides is 1. The van der Waals surface area contributed by atoms with Crippen molar-refractivity contribution < 1.29 is 32.2 Å². The summed E-state index contributed by atoms with van der Waals surface area (Å²) in [5.74, 6) is -0.879. The third-order valence-electron chi connectivity index (χ3n) is 5.55. The van der Waals surface area contributed by atoms with Crippen LogP contribution >= 0.6 is 34.8 Å². The van der Waals surface area contributed by atoms with Crippen LogP contribution in [0.4, 0.5) is 5.69 Å². The SMILES string of the molecule is COc1cc(OC)c(NS(=O)(=O)c2cc(C(=O)O[C@H](C)C(=O)N3CCCCC3)c(Cl)cc2Cl)cc1Cl. The second-order valence-corrected chi connectivity index (χ2v) is 10.9. The Morgan fingerprint density at radius 3 is 2.17 bits per heavy atom. The molecule has 13 heteroatoms. The van der Waals surface area contributed by atoms with E-state index in [1.165, 1.54) is 33.3 Å². The minimum atomic E-state index is -4.35. The van der Waals surface area contributed by atoms with Crippen LogP contribution in [-0.4, -0.2) is 58.6 Å². The monoisotopic (exact) mass is 578 g/mol. The van der Waals surface area contributed by atoms with E-state index in [1.54, 1.807) is 4.90 Å². The lowest BCUT2D eigenvalue weighted by Crippen LogP contribution is -2.42. The van der Waals surface area contributed by atoms with Crippen molar-refractivity contribution >= 4 is 62.4 Å². The quantitative estimate of drug-likeness (QED) is 0.437. The number of amides is 1. The highest BCUT2D eigenvalue weighted by atomic mass is 35.5. The normalized spacial score (nSPS) is 14.7. The smallest absolute Gasteiger partial charge is 0.340 e. The molecule has 36 heavy (non-hydrogen) atoms. The molecule has 0 aromatic heterocycles. The lowest BCUT2D eigenvalue weighted by molar-refractivity contribution is -0.140. The van der Waals surface area contributed by atoms with Crippen molar-refractivity contribution in [3.63, 3.8) is 0 Å². The van der Waals surface area contributed by atoms with Crippen molar-refractivity contribution in [3.05, 3.63) is 44.9 Å². The van der Waals surface area contributed by atoms with Crippen molar-refractivity contribution in [1.29, 1.82) is 0 Å². The van der Waals surface area contributed by atoms with E-state index in [2.05, 4.69) is 4.72 Å². The van der Waals surface area contributed by atoms with Gasteiger partial charge in [0.05, 0.1) is 40.5 Å². The fourth-order valence-corrected chi connectivity index (χ4v) is 5.83. The van der Waals surface area contributed by atoms with Crippen LogP contribution in [0, 0.1) is 0 Å². The number of rotatable bonds is 8. The molecule has 0 aliphatic carbocycles. The average Bonchev–Trinajstić information content (AvgIpc) is 2.83. The number of anilines is 1. The minimum absolute atomic E-state index is 0.0131. The number of carbonyl (C=O) groups is 2. The van der Waals surface area contributed by atoms with E-state index in [0.29, 0.717) is 13.1 Å². The maximum absolute atomic E-state index is 13.2. The predicted octanol–water partition coefficient (Wildman–Crippen LogP) is 5.02. The Morgan fingerprint density at radius 2 is 1.56 bits per heavy atom. The Bertz CT molecular complexity index is 1260. The van der Waals surface area contributed by atoms with E-state index in [4.69, 9.17) is 49.0 Å². The zero-order valence-corrected chi connectivity index (χ0v) is 22.9. The number of halogens is 3. The van der Waals surface area contributed by atoms with Crippen LogP contribution in [0.3, 0.4) is 0 Å². The number of nitrogens with zero attached hydrogens (tertiary/aromatic N) is 1. The highest BCUT2D eigenvalue weighted by Crippen LogP contribution is 2.38. The van der Waals surface area contributed by atoms with Gasteiger partial charge in [0, 0.05) is 19.2 Å². The van der Waals surface area contributed by atoms with E-state index in [-0.39, 0.29) is 43.7 Å². The maximum atomic E-state index is 13.2. The molecule has 1 N–H and O–H groups in total. The average molecular weight is 580 g/mol. The summed E-state index contributed by atoms with van der Waals surface area (Å²) in [5.41, 5.74) is -0.251. The molecule has 0 saturated carbocycles. The summed E-state index contributed by atoms with van der Waals surface area (Å²) in [4.78, 5) is 26.7. The number of benzene rings is 2. The number of likely N-dealkylation sites (tertiary alicyclic amines) is 1. The van der Waals surface area contributed by atoms with Crippen LogP contribution in [0.5, 0.6) is 11.5 Å². The molecule has 0 radical (unpaired) electrons. The Hall–Kier alpha value is -2.40. The standard InChI is InChI=1S/C23H25Cl3N2O7S/c1-13(22(29)28-7-5-4-6-8-28)35-23(30)14-9-21(17(26)10-15(14)24)36(31,32)27-18-11-16(25)19(33-2)12-20(18)34-3/h9-13,27H,4-8H2,1-3H3/t13-/m1/s1. The van der Waals surface area contributed by atoms with Gasteiger partial charge >= 0.3 is 5.97 Å². The van der Waals surface area contributed by atoms with Gasteiger partial charge in [0.2, 0.25) is 0 Å². The van der Waals surface area contributed by atoms with Crippen molar-refractivity contribution in [1.82, 2.24) is 4.90 Å². The fraction of sp³-hybridized carbons (Fsp3) is 0.391. The van der Waals surface area contributed by atoms with Crippen LogP contribution in [-0.2, 0) is 19.6 Å². The number of carbonyl (C=O) groups excluding carboxylic acids is 2. The van der Waals surface area contributed by atoms with Gasteiger partial charge in [0.15, 0.2) is 6.10 Å².